The predicted molar refractivity (Wildman–Crippen MR) is 92.5 cm³/mol. The van der Waals surface area contributed by atoms with Crippen molar-refractivity contribution in [2.45, 2.75) is 6.42 Å². The van der Waals surface area contributed by atoms with Gasteiger partial charge >= 0.3 is 0 Å². The van der Waals surface area contributed by atoms with Crippen LogP contribution in [-0.2, 0) is 0 Å². The van der Waals surface area contributed by atoms with Crippen molar-refractivity contribution in [3.8, 4) is 0 Å². The van der Waals surface area contributed by atoms with Crippen molar-refractivity contribution < 1.29 is 4.79 Å². The Morgan fingerprint density at radius 3 is 2.86 bits per heavy atom. The van der Waals surface area contributed by atoms with Gasteiger partial charge in [0.05, 0.1) is 5.02 Å². The highest BCUT2D eigenvalue weighted by molar-refractivity contribution is 7.21. The Morgan fingerprint density at radius 2 is 2.05 bits per heavy atom. The fourth-order valence-corrected chi connectivity index (χ4v) is 4.13. The molecule has 21 heavy (non-hydrogen) atoms. The van der Waals surface area contributed by atoms with E-state index in [1.54, 1.807) is 6.07 Å². The largest absolute Gasteiger partial charge is 0.337 e. The third-order valence-electron chi connectivity index (χ3n) is 3.41. The highest BCUT2D eigenvalue weighted by Gasteiger charge is 2.23. The van der Waals surface area contributed by atoms with Gasteiger partial charge in [-0.1, -0.05) is 29.3 Å². The van der Waals surface area contributed by atoms with E-state index in [4.69, 9.17) is 23.2 Å². The van der Waals surface area contributed by atoms with Gasteiger partial charge in [0.25, 0.3) is 5.91 Å². The first-order valence-corrected chi connectivity index (χ1v) is 8.11. The Hall–Kier alpha value is -0.520. The second-order valence-corrected chi connectivity index (χ2v) is 6.65. The number of carbonyl (C=O) groups is 1. The van der Waals surface area contributed by atoms with Crippen LogP contribution in [0.4, 0.5) is 0 Å². The molecular formula is C14H15Cl3N2OS. The van der Waals surface area contributed by atoms with E-state index >= 15 is 0 Å². The molecule has 2 heterocycles. The fourth-order valence-electron chi connectivity index (χ4n) is 2.37. The average Bonchev–Trinajstić information content (AvgIpc) is 2.65. The number of thiophene rings is 1. The Bertz CT molecular complexity index is 651. The van der Waals surface area contributed by atoms with Crippen LogP contribution in [0.15, 0.2) is 18.2 Å². The molecule has 1 aliphatic heterocycles. The topological polar surface area (TPSA) is 32.3 Å². The van der Waals surface area contributed by atoms with E-state index in [0.717, 1.165) is 42.7 Å². The highest BCUT2D eigenvalue weighted by atomic mass is 35.5. The van der Waals surface area contributed by atoms with Crippen LogP contribution < -0.4 is 5.32 Å². The SMILES string of the molecule is Cl.O=C(c1sc2cc(Cl)ccc2c1Cl)N1CCCNCC1. The van der Waals surface area contributed by atoms with Gasteiger partial charge in [-0.3, -0.25) is 4.79 Å². The number of rotatable bonds is 1. The number of nitrogens with one attached hydrogen (secondary N) is 1. The lowest BCUT2D eigenvalue weighted by molar-refractivity contribution is 0.0771. The first-order chi connectivity index (χ1) is 9.66. The van der Waals surface area contributed by atoms with Crippen molar-refractivity contribution in [2.75, 3.05) is 26.2 Å². The molecule has 0 saturated carbocycles. The Balaban J connectivity index is 0.00000161. The van der Waals surface area contributed by atoms with Crippen LogP contribution in [0.25, 0.3) is 10.1 Å². The smallest absolute Gasteiger partial charge is 0.265 e. The third kappa shape index (κ3) is 3.46. The maximum Gasteiger partial charge on any atom is 0.265 e. The summed E-state index contributed by atoms with van der Waals surface area (Å²) in [6.07, 6.45) is 0.972. The van der Waals surface area contributed by atoms with Crippen molar-refractivity contribution in [1.82, 2.24) is 10.2 Å². The molecule has 1 aliphatic rings. The van der Waals surface area contributed by atoms with Gasteiger partial charge in [0.2, 0.25) is 0 Å². The van der Waals surface area contributed by atoms with E-state index in [-0.39, 0.29) is 18.3 Å². The molecule has 0 bridgehead atoms. The zero-order valence-corrected chi connectivity index (χ0v) is 14.3. The quantitative estimate of drug-likeness (QED) is 0.826. The number of hydrogen-bond donors (Lipinski definition) is 1. The van der Waals surface area contributed by atoms with E-state index in [2.05, 4.69) is 5.32 Å². The number of benzene rings is 1. The predicted octanol–water partition coefficient (Wildman–Crippen LogP) is 4.07. The number of amides is 1. The third-order valence-corrected chi connectivity index (χ3v) is 5.29. The number of carbonyl (C=O) groups excluding carboxylic acids is 1. The molecule has 0 atom stereocenters. The number of nitrogens with zero attached hydrogens (tertiary/aromatic N) is 1. The lowest BCUT2D eigenvalue weighted by Gasteiger charge is -2.19. The summed E-state index contributed by atoms with van der Waals surface area (Å²) in [6, 6.07) is 5.53. The summed E-state index contributed by atoms with van der Waals surface area (Å²) >= 11 is 13.8. The first kappa shape index (κ1) is 16.8. The van der Waals surface area contributed by atoms with Crippen LogP contribution in [0.2, 0.25) is 10.0 Å². The molecular weight excluding hydrogens is 351 g/mol. The molecule has 1 aromatic carbocycles. The first-order valence-electron chi connectivity index (χ1n) is 6.54. The summed E-state index contributed by atoms with van der Waals surface area (Å²) in [4.78, 5) is 15.1. The molecule has 3 nitrogen and oxygen atoms in total. The molecule has 0 radical (unpaired) electrons. The van der Waals surface area contributed by atoms with Gasteiger partial charge in [-0.2, -0.15) is 0 Å². The molecule has 7 heteroatoms. The molecule has 1 fully saturated rings. The van der Waals surface area contributed by atoms with Crippen LogP contribution in [0.3, 0.4) is 0 Å². The molecule has 3 rings (SSSR count). The number of halogens is 3. The summed E-state index contributed by atoms with van der Waals surface area (Å²) < 4.78 is 0.957. The number of hydrogen-bond acceptors (Lipinski definition) is 3. The van der Waals surface area contributed by atoms with Crippen molar-refractivity contribution in [3.63, 3.8) is 0 Å². The van der Waals surface area contributed by atoms with Crippen LogP contribution in [0, 0.1) is 0 Å². The van der Waals surface area contributed by atoms with Gasteiger partial charge in [-0.25, -0.2) is 0 Å². The molecule has 0 spiro atoms. The van der Waals surface area contributed by atoms with Gasteiger partial charge in [0, 0.05) is 34.7 Å². The standard InChI is InChI=1S/C14H14Cl2N2OS.ClH/c15-9-2-3-10-11(8-9)20-13(12(10)16)14(19)18-6-1-4-17-5-7-18;/h2-3,8,17H,1,4-7H2;1H. The molecule has 114 valence electrons. The maximum absolute atomic E-state index is 12.6. The van der Waals surface area contributed by atoms with Gasteiger partial charge in [0.15, 0.2) is 0 Å². The van der Waals surface area contributed by atoms with Crippen LogP contribution in [-0.4, -0.2) is 37.0 Å². The Labute approximate surface area is 143 Å². The second-order valence-electron chi connectivity index (χ2n) is 4.78. The summed E-state index contributed by atoms with van der Waals surface area (Å²) in [5.74, 6) is 0.0241. The van der Waals surface area contributed by atoms with Crippen LogP contribution >= 0.6 is 46.9 Å². The summed E-state index contributed by atoms with van der Waals surface area (Å²) in [7, 11) is 0. The number of fused-ring (bicyclic) bond motifs is 1. The minimum atomic E-state index is 0. The average molecular weight is 366 g/mol. The van der Waals surface area contributed by atoms with E-state index in [1.807, 2.05) is 17.0 Å². The van der Waals surface area contributed by atoms with Crippen molar-refractivity contribution in [1.29, 1.82) is 0 Å². The summed E-state index contributed by atoms with van der Waals surface area (Å²) in [5.41, 5.74) is 0. The lowest BCUT2D eigenvalue weighted by atomic mass is 10.2. The molecule has 2 aromatic rings. The van der Waals surface area contributed by atoms with E-state index < -0.39 is 0 Å². The molecule has 1 saturated heterocycles. The molecule has 0 aliphatic carbocycles. The minimum absolute atomic E-state index is 0. The van der Waals surface area contributed by atoms with Crippen LogP contribution in [0.5, 0.6) is 0 Å². The van der Waals surface area contributed by atoms with Crippen molar-refractivity contribution >= 4 is 62.9 Å². The normalized spacial score (nSPS) is 15.6. The second kappa shape index (κ2) is 7.16. The van der Waals surface area contributed by atoms with Crippen molar-refractivity contribution in [3.05, 3.63) is 33.1 Å². The van der Waals surface area contributed by atoms with E-state index in [9.17, 15) is 4.79 Å². The van der Waals surface area contributed by atoms with Crippen molar-refractivity contribution in [2.24, 2.45) is 0 Å². The zero-order valence-electron chi connectivity index (χ0n) is 11.2. The Kier molecular flexibility index (Phi) is 5.74. The molecule has 1 amide bonds. The molecule has 1 N–H and O–H groups in total. The Morgan fingerprint density at radius 1 is 1.24 bits per heavy atom. The van der Waals surface area contributed by atoms with Gasteiger partial charge in [0.1, 0.15) is 4.88 Å². The van der Waals surface area contributed by atoms with Gasteiger partial charge in [-0.05, 0) is 25.1 Å². The lowest BCUT2D eigenvalue weighted by Crippen LogP contribution is -2.33. The minimum Gasteiger partial charge on any atom is -0.337 e. The van der Waals surface area contributed by atoms with Gasteiger partial charge < -0.3 is 10.2 Å². The van der Waals surface area contributed by atoms with Gasteiger partial charge in [-0.15, -0.1) is 23.7 Å². The highest BCUT2D eigenvalue weighted by Crippen LogP contribution is 2.37. The monoisotopic (exact) mass is 364 g/mol. The van der Waals surface area contributed by atoms with Crippen LogP contribution in [0.1, 0.15) is 16.1 Å². The fraction of sp³-hybridized carbons (Fsp3) is 0.357. The maximum atomic E-state index is 12.6. The molecule has 1 aromatic heterocycles. The molecule has 0 unspecified atom stereocenters. The summed E-state index contributed by atoms with van der Waals surface area (Å²) in [5, 5.41) is 5.40. The summed E-state index contributed by atoms with van der Waals surface area (Å²) in [6.45, 7) is 3.29. The van der Waals surface area contributed by atoms with E-state index in [0.29, 0.717) is 14.9 Å². The zero-order chi connectivity index (χ0) is 14.1. The van der Waals surface area contributed by atoms with E-state index in [1.165, 1.54) is 11.3 Å².